The fourth-order valence-corrected chi connectivity index (χ4v) is 2.45. The highest BCUT2D eigenvalue weighted by molar-refractivity contribution is 7.13. The predicted octanol–water partition coefficient (Wildman–Crippen LogP) is 3.34. The van der Waals surface area contributed by atoms with Gasteiger partial charge in [0.25, 0.3) is 0 Å². The van der Waals surface area contributed by atoms with Gasteiger partial charge in [0, 0.05) is 18.0 Å². The van der Waals surface area contributed by atoms with Gasteiger partial charge in [-0.2, -0.15) is 0 Å². The number of pyridine rings is 1. The molecule has 0 aliphatic rings. The maximum Gasteiger partial charge on any atom is 0.206 e. The molecule has 0 aromatic carbocycles. The van der Waals surface area contributed by atoms with Crippen molar-refractivity contribution in [3.05, 3.63) is 50.9 Å². The minimum absolute atomic E-state index is 0.0637. The lowest BCUT2D eigenvalue weighted by atomic mass is 10.1. The van der Waals surface area contributed by atoms with E-state index in [2.05, 4.69) is 4.98 Å². The van der Waals surface area contributed by atoms with Gasteiger partial charge in [0.15, 0.2) is 0 Å². The molecule has 0 saturated heterocycles. The van der Waals surface area contributed by atoms with Crippen LogP contribution in [0.3, 0.4) is 0 Å². The van der Waals surface area contributed by atoms with Crippen molar-refractivity contribution in [1.29, 1.82) is 0 Å². The Morgan fingerprint density at radius 1 is 1.53 bits per heavy atom. The first-order chi connectivity index (χ1) is 7.20. The molecule has 76 valence electrons. The van der Waals surface area contributed by atoms with Gasteiger partial charge < -0.3 is 0 Å². The van der Waals surface area contributed by atoms with Crippen LogP contribution < -0.4 is 0 Å². The lowest BCUT2D eigenvalue weighted by molar-refractivity contribution is 0.104. The topological polar surface area (TPSA) is 30.0 Å². The lowest BCUT2D eigenvalue weighted by Gasteiger charge is -1.97. The molecule has 0 amide bonds. The average molecular weight is 238 g/mol. The molecule has 2 nitrogen and oxygen atoms in total. The Hall–Kier alpha value is -1.19. The molecule has 0 N–H and O–H groups in total. The predicted molar refractivity (Wildman–Crippen MR) is 61.7 cm³/mol. The summed E-state index contributed by atoms with van der Waals surface area (Å²) in [4.78, 5) is 16.5. The SMILES string of the molecule is Cc1csc(C(=O)c2cccnc2)c1Cl. The summed E-state index contributed by atoms with van der Waals surface area (Å²) < 4.78 is 0. The first-order valence-corrected chi connectivity index (χ1v) is 5.64. The van der Waals surface area contributed by atoms with Crippen LogP contribution in [0.4, 0.5) is 0 Å². The summed E-state index contributed by atoms with van der Waals surface area (Å²) in [6.07, 6.45) is 3.19. The van der Waals surface area contributed by atoms with Crippen LogP contribution in [-0.2, 0) is 0 Å². The Kier molecular flexibility index (Phi) is 2.84. The van der Waals surface area contributed by atoms with Crippen molar-refractivity contribution in [2.45, 2.75) is 6.92 Å². The second-order valence-corrected chi connectivity index (χ2v) is 4.39. The van der Waals surface area contributed by atoms with E-state index in [1.807, 2.05) is 12.3 Å². The second kappa shape index (κ2) is 4.13. The number of carbonyl (C=O) groups excluding carboxylic acids is 1. The van der Waals surface area contributed by atoms with Crippen molar-refractivity contribution in [2.75, 3.05) is 0 Å². The van der Waals surface area contributed by atoms with Gasteiger partial charge in [-0.3, -0.25) is 9.78 Å². The van der Waals surface area contributed by atoms with E-state index in [0.29, 0.717) is 15.5 Å². The molecule has 2 aromatic heterocycles. The number of hydrogen-bond donors (Lipinski definition) is 0. The first kappa shape index (κ1) is 10.3. The third kappa shape index (κ3) is 1.94. The fourth-order valence-electron chi connectivity index (χ4n) is 1.21. The zero-order valence-electron chi connectivity index (χ0n) is 8.03. The van der Waals surface area contributed by atoms with Gasteiger partial charge in [0.1, 0.15) is 0 Å². The summed E-state index contributed by atoms with van der Waals surface area (Å²) >= 11 is 7.39. The summed E-state index contributed by atoms with van der Waals surface area (Å²) in [6, 6.07) is 3.47. The third-order valence-electron chi connectivity index (χ3n) is 2.03. The molecule has 15 heavy (non-hydrogen) atoms. The summed E-state index contributed by atoms with van der Waals surface area (Å²) in [5.41, 5.74) is 1.51. The van der Waals surface area contributed by atoms with Gasteiger partial charge >= 0.3 is 0 Å². The third-order valence-corrected chi connectivity index (χ3v) is 3.72. The van der Waals surface area contributed by atoms with Crippen LogP contribution >= 0.6 is 22.9 Å². The van der Waals surface area contributed by atoms with Crippen LogP contribution in [0.1, 0.15) is 20.8 Å². The molecular formula is C11H8ClNOS. The number of aryl methyl sites for hydroxylation is 1. The molecule has 2 rings (SSSR count). The zero-order valence-corrected chi connectivity index (χ0v) is 9.60. The molecule has 0 radical (unpaired) electrons. The first-order valence-electron chi connectivity index (χ1n) is 4.38. The van der Waals surface area contributed by atoms with Gasteiger partial charge in [0.05, 0.1) is 9.90 Å². The van der Waals surface area contributed by atoms with E-state index in [1.54, 1.807) is 24.5 Å². The Labute approximate surface area is 96.5 Å². The quantitative estimate of drug-likeness (QED) is 0.750. The molecule has 0 spiro atoms. The largest absolute Gasteiger partial charge is 0.288 e. The van der Waals surface area contributed by atoms with Gasteiger partial charge in [-0.15, -0.1) is 11.3 Å². The Morgan fingerprint density at radius 2 is 2.33 bits per heavy atom. The molecule has 0 atom stereocenters. The Balaban J connectivity index is 2.42. The van der Waals surface area contributed by atoms with Crippen molar-refractivity contribution in [3.63, 3.8) is 0 Å². The molecule has 2 heterocycles. The van der Waals surface area contributed by atoms with E-state index in [4.69, 9.17) is 11.6 Å². The number of rotatable bonds is 2. The van der Waals surface area contributed by atoms with E-state index < -0.39 is 0 Å². The van der Waals surface area contributed by atoms with Gasteiger partial charge in [-0.1, -0.05) is 11.6 Å². The molecule has 0 aliphatic carbocycles. The molecular weight excluding hydrogens is 230 g/mol. The number of aromatic nitrogens is 1. The Bertz CT molecular complexity index is 493. The van der Waals surface area contributed by atoms with Crippen molar-refractivity contribution >= 4 is 28.7 Å². The van der Waals surface area contributed by atoms with Crippen LogP contribution in [0.2, 0.25) is 5.02 Å². The highest BCUT2D eigenvalue weighted by atomic mass is 35.5. The van der Waals surface area contributed by atoms with Crippen molar-refractivity contribution in [2.24, 2.45) is 0 Å². The van der Waals surface area contributed by atoms with Crippen LogP contribution in [0.15, 0.2) is 29.9 Å². The maximum absolute atomic E-state index is 12.0. The van der Waals surface area contributed by atoms with Gasteiger partial charge in [0.2, 0.25) is 5.78 Å². The standard InChI is InChI=1S/C11H8ClNOS/c1-7-6-15-11(9(7)12)10(14)8-3-2-4-13-5-8/h2-6H,1H3. The van der Waals surface area contributed by atoms with Crippen LogP contribution in [-0.4, -0.2) is 10.8 Å². The van der Waals surface area contributed by atoms with E-state index in [-0.39, 0.29) is 5.78 Å². The lowest BCUT2D eigenvalue weighted by Crippen LogP contribution is -1.99. The minimum Gasteiger partial charge on any atom is -0.288 e. The highest BCUT2D eigenvalue weighted by Gasteiger charge is 2.16. The summed E-state index contributed by atoms with van der Waals surface area (Å²) in [6.45, 7) is 1.89. The van der Waals surface area contributed by atoms with E-state index in [1.165, 1.54) is 11.3 Å². The van der Waals surface area contributed by atoms with Gasteiger partial charge in [-0.05, 0) is 30.0 Å². The number of ketones is 1. The van der Waals surface area contributed by atoms with E-state index >= 15 is 0 Å². The zero-order chi connectivity index (χ0) is 10.8. The van der Waals surface area contributed by atoms with Crippen LogP contribution in [0.5, 0.6) is 0 Å². The number of nitrogens with zero attached hydrogens (tertiary/aromatic N) is 1. The molecule has 4 heteroatoms. The number of carbonyl (C=O) groups is 1. The van der Waals surface area contributed by atoms with Crippen LogP contribution in [0.25, 0.3) is 0 Å². The highest BCUT2D eigenvalue weighted by Crippen LogP contribution is 2.28. The second-order valence-electron chi connectivity index (χ2n) is 3.13. The number of thiophene rings is 1. The van der Waals surface area contributed by atoms with Gasteiger partial charge in [-0.25, -0.2) is 0 Å². The molecule has 0 aliphatic heterocycles. The summed E-state index contributed by atoms with van der Waals surface area (Å²) in [5.74, 6) is -0.0637. The molecule has 0 bridgehead atoms. The average Bonchev–Trinajstić information content (AvgIpc) is 2.60. The summed E-state index contributed by atoms with van der Waals surface area (Å²) in [5, 5.41) is 2.43. The van der Waals surface area contributed by atoms with Crippen molar-refractivity contribution in [3.8, 4) is 0 Å². The molecule has 2 aromatic rings. The Morgan fingerprint density at radius 3 is 2.87 bits per heavy atom. The van der Waals surface area contributed by atoms with E-state index in [9.17, 15) is 4.79 Å². The molecule has 0 saturated carbocycles. The normalized spacial score (nSPS) is 10.3. The maximum atomic E-state index is 12.0. The molecule has 0 unspecified atom stereocenters. The molecule has 0 fully saturated rings. The summed E-state index contributed by atoms with van der Waals surface area (Å²) in [7, 11) is 0. The van der Waals surface area contributed by atoms with Crippen LogP contribution in [0, 0.1) is 6.92 Å². The van der Waals surface area contributed by atoms with Crippen molar-refractivity contribution in [1.82, 2.24) is 4.98 Å². The number of halogens is 1. The monoisotopic (exact) mass is 237 g/mol. The fraction of sp³-hybridized carbons (Fsp3) is 0.0909. The smallest absolute Gasteiger partial charge is 0.206 e. The van der Waals surface area contributed by atoms with E-state index in [0.717, 1.165) is 5.56 Å². The van der Waals surface area contributed by atoms with Crippen molar-refractivity contribution < 1.29 is 4.79 Å². The number of hydrogen-bond acceptors (Lipinski definition) is 3. The minimum atomic E-state index is -0.0637.